The van der Waals surface area contributed by atoms with E-state index in [0.717, 1.165) is 39.4 Å². The first-order chi connectivity index (χ1) is 14.0. The van der Waals surface area contributed by atoms with Crippen molar-refractivity contribution in [1.29, 1.82) is 0 Å². The van der Waals surface area contributed by atoms with Gasteiger partial charge in [0.1, 0.15) is 11.5 Å². The normalized spacial score (nSPS) is 16.6. The second-order valence-electron chi connectivity index (χ2n) is 6.95. The molecular formula is C20H32F2N4O3. The third kappa shape index (κ3) is 8.41. The van der Waals surface area contributed by atoms with Gasteiger partial charge in [-0.05, 0) is 31.0 Å². The predicted octanol–water partition coefficient (Wildman–Crippen LogP) is 2.32. The van der Waals surface area contributed by atoms with Gasteiger partial charge in [-0.25, -0.2) is 4.99 Å². The van der Waals surface area contributed by atoms with Crippen molar-refractivity contribution >= 4 is 5.96 Å². The monoisotopic (exact) mass is 414 g/mol. The van der Waals surface area contributed by atoms with Crippen LogP contribution in [0.25, 0.3) is 0 Å². The number of nitrogens with zero attached hydrogens (tertiary/aromatic N) is 2. The van der Waals surface area contributed by atoms with E-state index in [9.17, 15) is 8.78 Å². The molecule has 1 saturated heterocycles. The van der Waals surface area contributed by atoms with E-state index in [1.165, 1.54) is 13.2 Å². The van der Waals surface area contributed by atoms with Gasteiger partial charge in [0.15, 0.2) is 5.96 Å². The minimum absolute atomic E-state index is 0.0982. The lowest BCUT2D eigenvalue weighted by atomic mass is 10.1. The van der Waals surface area contributed by atoms with Crippen molar-refractivity contribution in [3.63, 3.8) is 0 Å². The molecule has 0 aromatic heterocycles. The summed E-state index contributed by atoms with van der Waals surface area (Å²) in [6.45, 7) is 7.38. The lowest BCUT2D eigenvalue weighted by molar-refractivity contribution is -0.0504. The van der Waals surface area contributed by atoms with Crippen LogP contribution in [0.3, 0.4) is 0 Å². The quantitative estimate of drug-likeness (QED) is 0.453. The average Bonchev–Trinajstić information content (AvgIpc) is 2.71. The molecule has 1 aliphatic heterocycles. The van der Waals surface area contributed by atoms with Crippen LogP contribution >= 0.6 is 0 Å². The van der Waals surface area contributed by atoms with Crippen LogP contribution in [-0.4, -0.2) is 70.5 Å². The van der Waals surface area contributed by atoms with Crippen molar-refractivity contribution < 1.29 is 23.0 Å². The molecule has 7 nitrogen and oxygen atoms in total. The highest BCUT2D eigenvalue weighted by molar-refractivity contribution is 5.79. The van der Waals surface area contributed by atoms with E-state index in [1.807, 2.05) is 6.92 Å². The number of aliphatic imine (C=N–C) groups is 1. The molecule has 9 heteroatoms. The van der Waals surface area contributed by atoms with Crippen LogP contribution in [0.4, 0.5) is 8.78 Å². The first-order valence-electron chi connectivity index (χ1n) is 9.95. The predicted molar refractivity (Wildman–Crippen MR) is 109 cm³/mol. The molecule has 29 heavy (non-hydrogen) atoms. The van der Waals surface area contributed by atoms with Gasteiger partial charge in [-0.15, -0.1) is 0 Å². The van der Waals surface area contributed by atoms with Crippen molar-refractivity contribution in [1.82, 2.24) is 15.5 Å². The number of morpholine rings is 1. The molecule has 0 amide bonds. The zero-order valence-electron chi connectivity index (χ0n) is 17.4. The molecule has 1 fully saturated rings. The van der Waals surface area contributed by atoms with E-state index in [0.29, 0.717) is 29.7 Å². The number of hydrogen-bond acceptors (Lipinski definition) is 5. The molecule has 1 aromatic rings. The Kier molecular flexibility index (Phi) is 9.93. The fraction of sp³-hybridized carbons (Fsp3) is 0.650. The number of methoxy groups -OCH3 is 1. The highest BCUT2D eigenvalue weighted by Gasteiger charge is 2.14. The number of halogens is 2. The molecule has 1 aliphatic rings. The Morgan fingerprint density at radius 2 is 2.03 bits per heavy atom. The first-order valence-corrected chi connectivity index (χ1v) is 9.95. The van der Waals surface area contributed by atoms with Crippen LogP contribution in [0, 0.1) is 5.92 Å². The molecule has 2 N–H and O–H groups in total. The molecule has 0 radical (unpaired) electrons. The summed E-state index contributed by atoms with van der Waals surface area (Å²) in [4.78, 5) is 6.92. The van der Waals surface area contributed by atoms with Crippen LogP contribution < -0.4 is 20.1 Å². The van der Waals surface area contributed by atoms with E-state index in [2.05, 4.69) is 32.2 Å². The largest absolute Gasteiger partial charge is 0.497 e. The summed E-state index contributed by atoms with van der Waals surface area (Å²) in [5.41, 5.74) is 0.531. The Morgan fingerprint density at radius 3 is 2.69 bits per heavy atom. The molecule has 0 aliphatic carbocycles. The molecule has 1 aromatic carbocycles. The molecule has 1 unspecified atom stereocenters. The Balaban J connectivity index is 1.96. The van der Waals surface area contributed by atoms with E-state index in [-0.39, 0.29) is 12.3 Å². The van der Waals surface area contributed by atoms with Gasteiger partial charge >= 0.3 is 6.61 Å². The van der Waals surface area contributed by atoms with Gasteiger partial charge < -0.3 is 24.8 Å². The maximum Gasteiger partial charge on any atom is 0.387 e. The summed E-state index contributed by atoms with van der Waals surface area (Å²) in [5.74, 6) is 1.72. The van der Waals surface area contributed by atoms with Crippen molar-refractivity contribution in [2.75, 3.05) is 53.0 Å². The first kappa shape index (κ1) is 23.2. The molecule has 0 bridgehead atoms. The standard InChI is InChI=1S/C20H32F2N4O3/c1-4-23-20(24-12-15(2)14-26-7-9-28-10-8-26)25-13-16-11-17(27-3)5-6-18(16)29-19(21)22/h5-6,11,15,19H,4,7-10,12-14H2,1-3H3,(H2,23,24,25). The van der Waals surface area contributed by atoms with E-state index >= 15 is 0 Å². The number of rotatable bonds is 10. The highest BCUT2D eigenvalue weighted by atomic mass is 19.3. The summed E-state index contributed by atoms with van der Waals surface area (Å²) < 4.78 is 40.5. The molecule has 1 atom stereocenters. The molecular weight excluding hydrogens is 382 g/mol. The third-order valence-electron chi connectivity index (χ3n) is 4.53. The maximum atomic E-state index is 12.7. The lowest BCUT2D eigenvalue weighted by Gasteiger charge is -2.29. The van der Waals surface area contributed by atoms with Crippen LogP contribution in [0.2, 0.25) is 0 Å². The van der Waals surface area contributed by atoms with Gasteiger partial charge in [-0.2, -0.15) is 8.78 Å². The second kappa shape index (κ2) is 12.4. The highest BCUT2D eigenvalue weighted by Crippen LogP contribution is 2.26. The van der Waals surface area contributed by atoms with Crippen molar-refractivity contribution in [2.24, 2.45) is 10.9 Å². The minimum atomic E-state index is -2.89. The maximum absolute atomic E-state index is 12.7. The van der Waals surface area contributed by atoms with Crippen LogP contribution in [0.5, 0.6) is 11.5 Å². The summed E-state index contributed by atoms with van der Waals surface area (Å²) in [6.07, 6.45) is 0. The van der Waals surface area contributed by atoms with Crippen LogP contribution in [-0.2, 0) is 11.3 Å². The number of hydrogen-bond donors (Lipinski definition) is 2. The molecule has 1 heterocycles. The number of ether oxygens (including phenoxy) is 3. The minimum Gasteiger partial charge on any atom is -0.497 e. The number of alkyl halides is 2. The number of benzene rings is 1. The van der Waals surface area contributed by atoms with Gasteiger partial charge in [-0.3, -0.25) is 4.90 Å². The topological polar surface area (TPSA) is 67.4 Å². The second-order valence-corrected chi connectivity index (χ2v) is 6.95. The SMILES string of the molecule is CCNC(=NCc1cc(OC)ccc1OC(F)F)NCC(C)CN1CCOCC1. The van der Waals surface area contributed by atoms with E-state index in [4.69, 9.17) is 9.47 Å². The molecule has 0 saturated carbocycles. The van der Waals surface area contributed by atoms with Crippen molar-refractivity contribution in [2.45, 2.75) is 27.0 Å². The Morgan fingerprint density at radius 1 is 1.28 bits per heavy atom. The Bertz CT molecular complexity index is 640. The van der Waals surface area contributed by atoms with Gasteiger partial charge in [-0.1, -0.05) is 6.92 Å². The Labute approximate surface area is 171 Å². The number of nitrogens with one attached hydrogen (secondary N) is 2. The summed E-state index contributed by atoms with van der Waals surface area (Å²) in [5, 5.41) is 6.52. The van der Waals surface area contributed by atoms with Crippen molar-refractivity contribution in [3.8, 4) is 11.5 Å². The van der Waals surface area contributed by atoms with Gasteiger partial charge in [0, 0.05) is 38.3 Å². The van der Waals surface area contributed by atoms with Crippen LogP contribution in [0.1, 0.15) is 19.4 Å². The van der Waals surface area contributed by atoms with E-state index in [1.54, 1.807) is 12.1 Å². The summed E-state index contributed by atoms with van der Waals surface area (Å²) in [6, 6.07) is 4.72. The molecule has 0 spiro atoms. The van der Waals surface area contributed by atoms with Gasteiger partial charge in [0.2, 0.25) is 0 Å². The van der Waals surface area contributed by atoms with Gasteiger partial charge in [0.25, 0.3) is 0 Å². The van der Waals surface area contributed by atoms with Gasteiger partial charge in [0.05, 0.1) is 26.9 Å². The molecule has 2 rings (SSSR count). The zero-order valence-corrected chi connectivity index (χ0v) is 17.4. The summed E-state index contributed by atoms with van der Waals surface area (Å²) in [7, 11) is 1.53. The third-order valence-corrected chi connectivity index (χ3v) is 4.53. The Hall–Kier alpha value is -2.13. The molecule has 164 valence electrons. The van der Waals surface area contributed by atoms with Crippen molar-refractivity contribution in [3.05, 3.63) is 23.8 Å². The average molecular weight is 414 g/mol. The zero-order chi connectivity index (χ0) is 21.1. The van der Waals surface area contributed by atoms with E-state index < -0.39 is 6.61 Å². The smallest absolute Gasteiger partial charge is 0.387 e. The fourth-order valence-corrected chi connectivity index (χ4v) is 3.08. The summed E-state index contributed by atoms with van der Waals surface area (Å²) >= 11 is 0. The fourth-order valence-electron chi connectivity index (χ4n) is 3.08. The van der Waals surface area contributed by atoms with Crippen LogP contribution in [0.15, 0.2) is 23.2 Å². The lowest BCUT2D eigenvalue weighted by Crippen LogP contribution is -2.44. The number of guanidine groups is 1.